The molecule has 9 heteroatoms. The summed E-state index contributed by atoms with van der Waals surface area (Å²) in [4.78, 5) is 28.8. The van der Waals surface area contributed by atoms with E-state index in [2.05, 4.69) is 20.3 Å². The maximum atomic E-state index is 12.7. The van der Waals surface area contributed by atoms with Crippen LogP contribution in [-0.2, 0) is 0 Å². The van der Waals surface area contributed by atoms with Crippen molar-refractivity contribution in [3.05, 3.63) is 49.1 Å². The van der Waals surface area contributed by atoms with Crippen LogP contribution < -0.4 is 5.32 Å². The number of hydrogen-bond acceptors (Lipinski definition) is 5. The third-order valence-electron chi connectivity index (χ3n) is 5.62. The molecule has 3 heterocycles. The zero-order valence-corrected chi connectivity index (χ0v) is 17.2. The van der Waals surface area contributed by atoms with E-state index >= 15 is 0 Å². The predicted octanol–water partition coefficient (Wildman–Crippen LogP) is 3.89. The van der Waals surface area contributed by atoms with Crippen molar-refractivity contribution in [2.45, 2.75) is 25.3 Å². The Morgan fingerprint density at radius 3 is 2.68 bits per heavy atom. The lowest BCUT2D eigenvalue weighted by Crippen LogP contribution is -2.47. The lowest BCUT2D eigenvalue weighted by atomic mass is 10.0. The summed E-state index contributed by atoms with van der Waals surface area (Å²) in [7, 11) is 1.71. The fourth-order valence-corrected chi connectivity index (χ4v) is 3.88. The summed E-state index contributed by atoms with van der Waals surface area (Å²) in [5.74, 6) is 0.464. The average molecular weight is 426 g/mol. The molecule has 31 heavy (non-hydrogen) atoms. The Hall–Kier alpha value is -3.20. The van der Waals surface area contributed by atoms with Crippen LogP contribution in [0.3, 0.4) is 0 Å². The molecular weight excluding hydrogens is 402 g/mol. The number of pyridine rings is 1. The SMILES string of the molecule is CN(CC(F)F)C1CCN(C(=O)Nc2cc3cc(-c4cnccn4)ccc3cn2)CC1. The molecule has 1 aromatic carbocycles. The smallest absolute Gasteiger partial charge is 0.323 e. The van der Waals surface area contributed by atoms with Gasteiger partial charge in [0.15, 0.2) is 0 Å². The first-order chi connectivity index (χ1) is 15.0. The van der Waals surface area contributed by atoms with Crippen molar-refractivity contribution < 1.29 is 13.6 Å². The molecular formula is C22H24F2N6O. The average Bonchev–Trinajstić information content (AvgIpc) is 2.79. The molecule has 2 aromatic heterocycles. The number of amides is 2. The number of piperidine rings is 1. The minimum absolute atomic E-state index is 0.0661. The third kappa shape index (κ3) is 5.11. The summed E-state index contributed by atoms with van der Waals surface area (Å²) < 4.78 is 25.2. The van der Waals surface area contributed by atoms with E-state index in [4.69, 9.17) is 0 Å². The van der Waals surface area contributed by atoms with Crippen molar-refractivity contribution in [1.82, 2.24) is 24.8 Å². The van der Waals surface area contributed by atoms with E-state index in [1.165, 1.54) is 0 Å². The van der Waals surface area contributed by atoms with Crippen LogP contribution in [0, 0.1) is 0 Å². The van der Waals surface area contributed by atoms with E-state index in [1.807, 2.05) is 24.3 Å². The van der Waals surface area contributed by atoms with Crippen LogP contribution in [0.1, 0.15) is 12.8 Å². The van der Waals surface area contributed by atoms with Gasteiger partial charge < -0.3 is 4.90 Å². The number of aromatic nitrogens is 3. The zero-order chi connectivity index (χ0) is 21.8. The Bertz CT molecular complexity index is 1040. The van der Waals surface area contributed by atoms with Crippen molar-refractivity contribution >= 4 is 22.6 Å². The molecule has 1 aliphatic heterocycles. The van der Waals surface area contributed by atoms with Gasteiger partial charge >= 0.3 is 6.03 Å². The Kier molecular flexibility index (Phi) is 6.31. The van der Waals surface area contributed by atoms with Crippen LogP contribution in [0.15, 0.2) is 49.1 Å². The number of carbonyl (C=O) groups is 1. The highest BCUT2D eigenvalue weighted by Crippen LogP contribution is 2.24. The van der Waals surface area contributed by atoms with Crippen molar-refractivity contribution in [3.8, 4) is 11.3 Å². The Morgan fingerprint density at radius 2 is 1.97 bits per heavy atom. The van der Waals surface area contributed by atoms with Gasteiger partial charge in [-0.3, -0.25) is 20.2 Å². The Labute approximate surface area is 179 Å². The van der Waals surface area contributed by atoms with Crippen LogP contribution in [0.2, 0.25) is 0 Å². The molecule has 1 aliphatic rings. The topological polar surface area (TPSA) is 74.2 Å². The quantitative estimate of drug-likeness (QED) is 0.670. The van der Waals surface area contributed by atoms with Crippen molar-refractivity contribution in [1.29, 1.82) is 0 Å². The highest BCUT2D eigenvalue weighted by atomic mass is 19.3. The van der Waals surface area contributed by atoms with Gasteiger partial charge in [-0.2, -0.15) is 0 Å². The molecule has 0 saturated carbocycles. The van der Waals surface area contributed by atoms with Gasteiger partial charge in [-0.05, 0) is 37.4 Å². The molecule has 162 valence electrons. The van der Waals surface area contributed by atoms with Crippen molar-refractivity contribution in [3.63, 3.8) is 0 Å². The molecule has 7 nitrogen and oxygen atoms in total. The molecule has 1 N–H and O–H groups in total. The number of hydrogen-bond donors (Lipinski definition) is 1. The number of fused-ring (bicyclic) bond motifs is 1. The molecule has 0 atom stereocenters. The summed E-state index contributed by atoms with van der Waals surface area (Å²) in [5.41, 5.74) is 1.70. The van der Waals surface area contributed by atoms with Gasteiger partial charge in [0.05, 0.1) is 18.4 Å². The summed E-state index contributed by atoms with van der Waals surface area (Å²) in [5, 5.41) is 4.74. The second kappa shape index (κ2) is 9.30. The second-order valence-electron chi connectivity index (χ2n) is 7.70. The van der Waals surface area contributed by atoms with Gasteiger partial charge in [0, 0.05) is 48.7 Å². The fourth-order valence-electron chi connectivity index (χ4n) is 3.88. The van der Waals surface area contributed by atoms with Gasteiger partial charge in [0.2, 0.25) is 0 Å². The normalized spacial score (nSPS) is 15.1. The highest BCUT2D eigenvalue weighted by Gasteiger charge is 2.26. The molecule has 2 amide bonds. The molecule has 4 rings (SSSR count). The molecule has 0 radical (unpaired) electrons. The third-order valence-corrected chi connectivity index (χ3v) is 5.62. The minimum Gasteiger partial charge on any atom is -0.324 e. The largest absolute Gasteiger partial charge is 0.324 e. The highest BCUT2D eigenvalue weighted by molar-refractivity contribution is 5.93. The number of halogens is 2. The maximum Gasteiger partial charge on any atom is 0.323 e. The van der Waals surface area contributed by atoms with E-state index in [9.17, 15) is 13.6 Å². The van der Waals surface area contributed by atoms with Crippen molar-refractivity contribution in [2.75, 3.05) is 32.0 Å². The van der Waals surface area contributed by atoms with E-state index in [0.717, 1.165) is 22.0 Å². The number of benzene rings is 1. The Balaban J connectivity index is 1.41. The lowest BCUT2D eigenvalue weighted by Gasteiger charge is -2.36. The number of alkyl halides is 2. The van der Waals surface area contributed by atoms with Gasteiger partial charge in [-0.25, -0.2) is 18.6 Å². The van der Waals surface area contributed by atoms with Crippen LogP contribution in [0.25, 0.3) is 22.0 Å². The van der Waals surface area contributed by atoms with Crippen molar-refractivity contribution in [2.24, 2.45) is 0 Å². The maximum absolute atomic E-state index is 12.7. The standard InChI is InChI=1S/C22H24F2N6O/c1-29(14-20(23)24)18-4-8-30(9-5-18)22(31)28-21-11-17-10-15(2-3-16(17)12-27-21)19-13-25-6-7-26-19/h2-3,6-7,10-13,18,20H,4-5,8-9,14H2,1H3,(H,27,28,31). The van der Waals surface area contributed by atoms with E-state index in [0.29, 0.717) is 31.7 Å². The Morgan fingerprint density at radius 1 is 1.16 bits per heavy atom. The predicted molar refractivity (Wildman–Crippen MR) is 115 cm³/mol. The molecule has 0 aliphatic carbocycles. The van der Waals surface area contributed by atoms with Gasteiger partial charge in [0.25, 0.3) is 6.43 Å². The van der Waals surface area contributed by atoms with Gasteiger partial charge in [-0.15, -0.1) is 0 Å². The first-order valence-corrected chi connectivity index (χ1v) is 10.2. The first-order valence-electron chi connectivity index (χ1n) is 10.2. The molecule has 0 spiro atoms. The second-order valence-corrected chi connectivity index (χ2v) is 7.70. The molecule has 1 saturated heterocycles. The van der Waals surface area contributed by atoms with Crippen LogP contribution in [-0.4, -0.2) is 69.9 Å². The van der Waals surface area contributed by atoms with E-state index in [-0.39, 0.29) is 18.6 Å². The number of nitrogens with one attached hydrogen (secondary N) is 1. The number of urea groups is 1. The van der Waals surface area contributed by atoms with E-state index < -0.39 is 6.43 Å². The number of nitrogens with zero attached hydrogens (tertiary/aromatic N) is 5. The molecule has 1 fully saturated rings. The monoisotopic (exact) mass is 426 g/mol. The molecule has 3 aromatic rings. The summed E-state index contributed by atoms with van der Waals surface area (Å²) in [6.45, 7) is 0.803. The summed E-state index contributed by atoms with van der Waals surface area (Å²) in [6, 6.07) is 7.57. The zero-order valence-electron chi connectivity index (χ0n) is 17.2. The minimum atomic E-state index is -2.35. The summed E-state index contributed by atoms with van der Waals surface area (Å²) >= 11 is 0. The van der Waals surface area contributed by atoms with Gasteiger partial charge in [0.1, 0.15) is 5.82 Å². The molecule has 0 bridgehead atoms. The lowest BCUT2D eigenvalue weighted by molar-refractivity contribution is 0.0628. The molecule has 0 unspecified atom stereocenters. The van der Waals surface area contributed by atoms with Crippen LogP contribution >= 0.6 is 0 Å². The van der Waals surface area contributed by atoms with Crippen LogP contribution in [0.4, 0.5) is 19.4 Å². The van der Waals surface area contributed by atoms with Gasteiger partial charge in [-0.1, -0.05) is 12.1 Å². The fraction of sp³-hybridized carbons (Fsp3) is 0.364. The summed E-state index contributed by atoms with van der Waals surface area (Å²) in [6.07, 6.45) is 5.69. The van der Waals surface area contributed by atoms with E-state index in [1.54, 1.807) is 41.6 Å². The number of anilines is 1. The number of carbonyl (C=O) groups excluding carboxylic acids is 1. The van der Waals surface area contributed by atoms with Crippen LogP contribution in [0.5, 0.6) is 0 Å². The number of likely N-dealkylation sites (tertiary alicyclic amines) is 1. The first kappa shape index (κ1) is 21.0. The number of rotatable bonds is 5.